The average molecular weight is 251 g/mol. The monoisotopic (exact) mass is 251 g/mol. The van der Waals surface area contributed by atoms with Gasteiger partial charge in [0.1, 0.15) is 0 Å². The van der Waals surface area contributed by atoms with Gasteiger partial charge in [-0.15, -0.1) is 0 Å². The van der Waals surface area contributed by atoms with Crippen LogP contribution in [0, 0.1) is 18.8 Å². The van der Waals surface area contributed by atoms with Crippen LogP contribution in [0.25, 0.3) is 0 Å². The Morgan fingerprint density at radius 3 is 2.59 bits per heavy atom. The molecule has 1 unspecified atom stereocenters. The first kappa shape index (κ1) is 13.6. The van der Waals surface area contributed by atoms with Crippen LogP contribution in [-0.2, 0) is 4.79 Å². The maximum Gasteiger partial charge on any atom is 0.234 e. The summed E-state index contributed by atoms with van der Waals surface area (Å²) < 4.78 is 0. The first-order valence-electron chi connectivity index (χ1n) is 5.43. The molecular weight excluding hydrogens is 234 g/mol. The molecule has 0 saturated carbocycles. The van der Waals surface area contributed by atoms with Crippen LogP contribution in [-0.4, -0.2) is 15.9 Å². The van der Waals surface area contributed by atoms with Gasteiger partial charge in [-0.05, 0) is 24.5 Å². The lowest BCUT2D eigenvalue weighted by molar-refractivity contribution is -0.118. The van der Waals surface area contributed by atoms with Gasteiger partial charge in [0.15, 0.2) is 0 Å². The molecule has 0 spiro atoms. The van der Waals surface area contributed by atoms with Gasteiger partial charge in [-0.2, -0.15) is 0 Å². The fraction of sp³-hybridized carbons (Fsp3) is 0.417. The number of amides is 1. The second-order valence-electron chi connectivity index (χ2n) is 4.36. The molecule has 0 radical (unpaired) electrons. The third-order valence-corrected chi connectivity index (χ3v) is 2.65. The quantitative estimate of drug-likeness (QED) is 0.802. The van der Waals surface area contributed by atoms with E-state index in [4.69, 9.17) is 18.0 Å². The molecule has 1 heterocycles. The lowest BCUT2D eigenvalue weighted by Gasteiger charge is -2.18. The minimum absolute atomic E-state index is 0.0743. The first-order valence-corrected chi connectivity index (χ1v) is 5.84. The number of nitrogens with one attached hydrogen (secondary N) is 1. The highest BCUT2D eigenvalue weighted by Crippen LogP contribution is 2.15. The molecule has 0 aromatic carbocycles. The number of rotatable bonds is 4. The van der Waals surface area contributed by atoms with Crippen LogP contribution in [0.5, 0.6) is 0 Å². The van der Waals surface area contributed by atoms with E-state index in [-0.39, 0.29) is 16.8 Å². The minimum Gasteiger partial charge on any atom is -0.393 e. The number of hydrogen-bond acceptors (Lipinski definition) is 3. The van der Waals surface area contributed by atoms with E-state index >= 15 is 0 Å². The van der Waals surface area contributed by atoms with E-state index in [2.05, 4.69) is 10.3 Å². The largest absolute Gasteiger partial charge is 0.393 e. The van der Waals surface area contributed by atoms with Crippen molar-refractivity contribution in [1.82, 2.24) is 4.98 Å². The summed E-state index contributed by atoms with van der Waals surface area (Å²) in [6.07, 6.45) is 3.32. The molecule has 0 saturated heterocycles. The predicted octanol–water partition coefficient (Wildman–Crippen LogP) is 1.89. The van der Waals surface area contributed by atoms with Crippen molar-refractivity contribution in [3.63, 3.8) is 0 Å². The molecular formula is C12H17N3OS. The number of aryl methyl sites for hydroxylation is 1. The van der Waals surface area contributed by atoms with Gasteiger partial charge in [0.2, 0.25) is 5.91 Å². The average Bonchev–Trinajstić information content (AvgIpc) is 2.15. The SMILES string of the molecule is Cc1cncc(NC(=O)C(C(N)=S)C(C)C)c1. The summed E-state index contributed by atoms with van der Waals surface area (Å²) in [6.45, 7) is 5.74. The van der Waals surface area contributed by atoms with Crippen molar-refractivity contribution in [3.05, 3.63) is 24.0 Å². The third kappa shape index (κ3) is 3.78. The van der Waals surface area contributed by atoms with E-state index in [1.165, 1.54) is 0 Å². The van der Waals surface area contributed by atoms with Crippen LogP contribution in [0.3, 0.4) is 0 Å². The summed E-state index contributed by atoms with van der Waals surface area (Å²) in [5, 5.41) is 2.78. The Hall–Kier alpha value is -1.49. The van der Waals surface area contributed by atoms with Crippen molar-refractivity contribution in [3.8, 4) is 0 Å². The Labute approximate surface area is 107 Å². The topological polar surface area (TPSA) is 68.0 Å². The van der Waals surface area contributed by atoms with Crippen LogP contribution in [0.4, 0.5) is 5.69 Å². The molecule has 0 fully saturated rings. The lowest BCUT2D eigenvalue weighted by Crippen LogP contribution is -2.36. The van der Waals surface area contributed by atoms with E-state index in [0.717, 1.165) is 5.56 Å². The molecule has 1 aromatic heterocycles. The third-order valence-electron chi connectivity index (χ3n) is 2.40. The molecule has 3 N–H and O–H groups in total. The Morgan fingerprint density at radius 2 is 2.12 bits per heavy atom. The fourth-order valence-corrected chi connectivity index (χ4v) is 1.98. The second kappa shape index (κ2) is 5.72. The zero-order valence-electron chi connectivity index (χ0n) is 10.2. The molecule has 1 atom stereocenters. The predicted molar refractivity (Wildman–Crippen MR) is 72.7 cm³/mol. The molecule has 5 heteroatoms. The van der Waals surface area contributed by atoms with E-state index < -0.39 is 5.92 Å². The summed E-state index contributed by atoms with van der Waals surface area (Å²) in [5.74, 6) is -0.560. The molecule has 1 aromatic rings. The number of thiocarbonyl (C=S) groups is 1. The summed E-state index contributed by atoms with van der Waals surface area (Å²) in [5.41, 5.74) is 7.23. The molecule has 0 aliphatic rings. The van der Waals surface area contributed by atoms with E-state index in [9.17, 15) is 4.79 Å². The Bertz CT molecular complexity index is 432. The molecule has 0 aliphatic heterocycles. The highest BCUT2D eigenvalue weighted by molar-refractivity contribution is 7.80. The standard InChI is InChI=1S/C12H17N3OS/c1-7(2)10(11(13)17)12(16)15-9-4-8(3)5-14-6-9/h4-7,10H,1-3H3,(H2,13,17)(H,15,16). The molecule has 1 amide bonds. The summed E-state index contributed by atoms with van der Waals surface area (Å²) in [6, 6.07) is 1.85. The maximum atomic E-state index is 12.0. The van der Waals surface area contributed by atoms with E-state index in [0.29, 0.717) is 5.69 Å². The molecule has 4 nitrogen and oxygen atoms in total. The van der Waals surface area contributed by atoms with Gasteiger partial charge in [-0.1, -0.05) is 26.1 Å². The van der Waals surface area contributed by atoms with Crippen molar-refractivity contribution in [1.29, 1.82) is 0 Å². The second-order valence-corrected chi connectivity index (χ2v) is 4.84. The van der Waals surface area contributed by atoms with Gasteiger partial charge in [-0.25, -0.2) is 0 Å². The molecule has 17 heavy (non-hydrogen) atoms. The van der Waals surface area contributed by atoms with Crippen molar-refractivity contribution in [2.75, 3.05) is 5.32 Å². The van der Waals surface area contributed by atoms with Crippen LogP contribution in [0.2, 0.25) is 0 Å². The van der Waals surface area contributed by atoms with Gasteiger partial charge < -0.3 is 11.1 Å². The van der Waals surface area contributed by atoms with Gasteiger partial charge in [-0.3, -0.25) is 9.78 Å². The van der Waals surface area contributed by atoms with Gasteiger partial charge in [0, 0.05) is 6.20 Å². The zero-order chi connectivity index (χ0) is 13.0. The van der Waals surface area contributed by atoms with E-state index in [1.54, 1.807) is 12.4 Å². The highest BCUT2D eigenvalue weighted by Gasteiger charge is 2.24. The summed E-state index contributed by atoms with van der Waals surface area (Å²) in [7, 11) is 0. The number of pyridine rings is 1. The number of aromatic nitrogens is 1. The fourth-order valence-electron chi connectivity index (χ4n) is 1.60. The Morgan fingerprint density at radius 1 is 1.47 bits per heavy atom. The zero-order valence-corrected chi connectivity index (χ0v) is 11.0. The van der Waals surface area contributed by atoms with E-state index in [1.807, 2.05) is 26.8 Å². The van der Waals surface area contributed by atoms with Crippen molar-refractivity contribution in [2.45, 2.75) is 20.8 Å². The van der Waals surface area contributed by atoms with Crippen LogP contribution < -0.4 is 11.1 Å². The number of nitrogens with zero attached hydrogens (tertiary/aromatic N) is 1. The molecule has 0 bridgehead atoms. The van der Waals surface area contributed by atoms with Crippen molar-refractivity contribution >= 4 is 28.8 Å². The van der Waals surface area contributed by atoms with Crippen LogP contribution in [0.1, 0.15) is 19.4 Å². The number of hydrogen-bond donors (Lipinski definition) is 2. The first-order chi connectivity index (χ1) is 7.91. The van der Waals surface area contributed by atoms with Gasteiger partial charge >= 0.3 is 0 Å². The molecule has 1 rings (SSSR count). The van der Waals surface area contributed by atoms with Crippen molar-refractivity contribution < 1.29 is 4.79 Å². The minimum atomic E-state index is -0.453. The molecule has 92 valence electrons. The number of anilines is 1. The van der Waals surface area contributed by atoms with Crippen molar-refractivity contribution in [2.24, 2.45) is 17.6 Å². The summed E-state index contributed by atoms with van der Waals surface area (Å²) in [4.78, 5) is 16.2. The number of carbonyl (C=O) groups excluding carboxylic acids is 1. The Kier molecular flexibility index (Phi) is 4.57. The smallest absolute Gasteiger partial charge is 0.234 e. The number of carbonyl (C=O) groups is 1. The summed E-state index contributed by atoms with van der Waals surface area (Å²) >= 11 is 4.91. The highest BCUT2D eigenvalue weighted by atomic mass is 32.1. The normalized spacial score (nSPS) is 12.2. The lowest BCUT2D eigenvalue weighted by atomic mass is 9.95. The van der Waals surface area contributed by atoms with Crippen LogP contribution in [0.15, 0.2) is 18.5 Å². The van der Waals surface area contributed by atoms with Gasteiger partial charge in [0.05, 0.1) is 22.8 Å². The Balaban J connectivity index is 2.81. The maximum absolute atomic E-state index is 12.0. The van der Waals surface area contributed by atoms with Crippen LogP contribution >= 0.6 is 12.2 Å². The van der Waals surface area contributed by atoms with Gasteiger partial charge in [0.25, 0.3) is 0 Å². The number of nitrogens with two attached hydrogens (primary N) is 1. The molecule has 0 aliphatic carbocycles.